The minimum Gasteiger partial charge on any atom is -0.339 e. The Morgan fingerprint density at radius 2 is 1.82 bits per heavy atom. The Morgan fingerprint density at radius 1 is 1.11 bits per heavy atom. The van der Waals surface area contributed by atoms with Crippen molar-refractivity contribution in [2.75, 3.05) is 32.0 Å². The van der Waals surface area contributed by atoms with Crippen molar-refractivity contribution < 1.29 is 14.4 Å². The third-order valence-electron chi connectivity index (χ3n) is 4.59. The molecular formula is C20H22BrN3O3S. The van der Waals surface area contributed by atoms with Crippen LogP contribution in [0, 0.1) is 0 Å². The van der Waals surface area contributed by atoms with Crippen molar-refractivity contribution in [2.45, 2.75) is 19.3 Å². The maximum atomic E-state index is 12.8. The summed E-state index contributed by atoms with van der Waals surface area (Å²) in [5.74, 6) is -0.627. The van der Waals surface area contributed by atoms with Gasteiger partial charge in [0, 0.05) is 20.1 Å². The summed E-state index contributed by atoms with van der Waals surface area (Å²) < 4.78 is 0.860. The van der Waals surface area contributed by atoms with Crippen molar-refractivity contribution in [3.05, 3.63) is 50.6 Å². The highest BCUT2D eigenvalue weighted by molar-refractivity contribution is 9.11. The molecule has 0 saturated carbocycles. The zero-order valence-electron chi connectivity index (χ0n) is 15.6. The van der Waals surface area contributed by atoms with E-state index in [1.165, 1.54) is 16.2 Å². The van der Waals surface area contributed by atoms with Crippen LogP contribution < -0.4 is 5.32 Å². The molecule has 1 N–H and O–H groups in total. The van der Waals surface area contributed by atoms with Crippen LogP contribution in [-0.4, -0.2) is 54.2 Å². The Balaban J connectivity index is 1.65. The molecule has 1 aliphatic heterocycles. The zero-order valence-corrected chi connectivity index (χ0v) is 18.0. The second-order valence-electron chi connectivity index (χ2n) is 6.71. The molecule has 0 radical (unpaired) electrons. The number of carbonyl (C=O) groups is 3. The maximum Gasteiger partial charge on any atom is 0.264 e. The van der Waals surface area contributed by atoms with E-state index in [9.17, 15) is 14.4 Å². The van der Waals surface area contributed by atoms with Crippen LogP contribution in [0.1, 0.15) is 39.3 Å². The molecule has 6 nitrogen and oxygen atoms in total. The summed E-state index contributed by atoms with van der Waals surface area (Å²) in [7, 11) is 1.58. The number of amides is 3. The molecule has 1 aromatic heterocycles. The lowest BCUT2D eigenvalue weighted by molar-refractivity contribution is -0.116. The predicted molar refractivity (Wildman–Crippen MR) is 114 cm³/mol. The molecule has 8 heteroatoms. The molecule has 1 fully saturated rings. The molecule has 1 aromatic carbocycles. The van der Waals surface area contributed by atoms with E-state index in [2.05, 4.69) is 21.2 Å². The molecule has 3 amide bonds. The van der Waals surface area contributed by atoms with E-state index in [4.69, 9.17) is 0 Å². The van der Waals surface area contributed by atoms with Gasteiger partial charge in [-0.3, -0.25) is 14.4 Å². The monoisotopic (exact) mass is 463 g/mol. The normalized spacial score (nSPS) is 13.9. The molecule has 1 saturated heterocycles. The van der Waals surface area contributed by atoms with E-state index >= 15 is 0 Å². The van der Waals surface area contributed by atoms with Gasteiger partial charge < -0.3 is 15.1 Å². The lowest BCUT2D eigenvalue weighted by atomic mass is 10.1. The number of para-hydroxylation sites is 1. The van der Waals surface area contributed by atoms with Crippen LogP contribution in [-0.2, 0) is 4.79 Å². The van der Waals surface area contributed by atoms with Crippen molar-refractivity contribution in [3.8, 4) is 0 Å². The number of benzene rings is 1. The summed E-state index contributed by atoms with van der Waals surface area (Å²) in [5.41, 5.74) is 0.955. The summed E-state index contributed by atoms with van der Waals surface area (Å²) in [4.78, 5) is 41.5. The van der Waals surface area contributed by atoms with E-state index in [0.29, 0.717) is 16.1 Å². The van der Waals surface area contributed by atoms with Crippen LogP contribution >= 0.6 is 27.3 Å². The fourth-order valence-corrected chi connectivity index (χ4v) is 4.52. The van der Waals surface area contributed by atoms with Gasteiger partial charge in [-0.05, 0) is 59.5 Å². The number of nitrogens with zero attached hydrogens (tertiary/aromatic N) is 2. The van der Waals surface area contributed by atoms with Gasteiger partial charge in [0.25, 0.3) is 11.8 Å². The standard InChI is InChI=1S/C20H22BrN3O3S/c1-23(20(27)16-9-10-17(21)28-16)13-18(25)22-15-8-4-3-7-14(15)19(26)24-11-5-2-6-12-24/h3-4,7-10H,2,5-6,11-13H2,1H3,(H,22,25). The number of carbonyl (C=O) groups excluding carboxylic acids is 3. The SMILES string of the molecule is CN(CC(=O)Nc1ccccc1C(=O)N1CCCCC1)C(=O)c1ccc(Br)s1. The number of likely N-dealkylation sites (tertiary alicyclic amines) is 1. The predicted octanol–water partition coefficient (Wildman–Crippen LogP) is 3.85. The second-order valence-corrected chi connectivity index (χ2v) is 9.17. The number of anilines is 1. The average Bonchev–Trinajstić information content (AvgIpc) is 3.14. The number of thiophene rings is 1. The first-order valence-corrected chi connectivity index (χ1v) is 10.8. The van der Waals surface area contributed by atoms with E-state index in [-0.39, 0.29) is 24.3 Å². The molecule has 0 unspecified atom stereocenters. The van der Waals surface area contributed by atoms with Gasteiger partial charge >= 0.3 is 0 Å². The van der Waals surface area contributed by atoms with E-state index in [0.717, 1.165) is 36.1 Å². The van der Waals surface area contributed by atoms with Crippen LogP contribution in [0.3, 0.4) is 0 Å². The van der Waals surface area contributed by atoms with Crippen LogP contribution in [0.4, 0.5) is 5.69 Å². The van der Waals surface area contributed by atoms with Crippen molar-refractivity contribution in [1.29, 1.82) is 0 Å². The summed E-state index contributed by atoms with van der Waals surface area (Å²) in [6.45, 7) is 1.39. The molecule has 1 aliphatic rings. The molecule has 0 aliphatic carbocycles. The Morgan fingerprint density at radius 3 is 2.50 bits per heavy atom. The largest absolute Gasteiger partial charge is 0.339 e. The quantitative estimate of drug-likeness (QED) is 0.731. The van der Waals surface area contributed by atoms with E-state index in [1.807, 2.05) is 4.90 Å². The number of piperidine rings is 1. The highest BCUT2D eigenvalue weighted by Crippen LogP contribution is 2.23. The number of hydrogen-bond donors (Lipinski definition) is 1. The Hall–Kier alpha value is -2.19. The smallest absolute Gasteiger partial charge is 0.264 e. The highest BCUT2D eigenvalue weighted by atomic mass is 79.9. The fraction of sp³-hybridized carbons (Fsp3) is 0.350. The van der Waals surface area contributed by atoms with E-state index < -0.39 is 0 Å². The van der Waals surface area contributed by atoms with Crippen LogP contribution in [0.15, 0.2) is 40.2 Å². The minimum atomic E-state index is -0.342. The number of nitrogens with one attached hydrogen (secondary N) is 1. The summed E-state index contributed by atoms with van der Waals surface area (Å²) in [6, 6.07) is 10.5. The van der Waals surface area contributed by atoms with Gasteiger partial charge in [-0.15, -0.1) is 11.3 Å². The third kappa shape index (κ3) is 4.99. The third-order valence-corrected chi connectivity index (χ3v) is 6.20. The molecule has 0 spiro atoms. The molecule has 28 heavy (non-hydrogen) atoms. The summed E-state index contributed by atoms with van der Waals surface area (Å²) >= 11 is 4.65. The van der Waals surface area contributed by atoms with Gasteiger partial charge in [-0.1, -0.05) is 12.1 Å². The van der Waals surface area contributed by atoms with Crippen LogP contribution in [0.25, 0.3) is 0 Å². The first-order valence-electron chi connectivity index (χ1n) is 9.14. The number of hydrogen-bond acceptors (Lipinski definition) is 4. The van der Waals surface area contributed by atoms with Crippen LogP contribution in [0.5, 0.6) is 0 Å². The van der Waals surface area contributed by atoms with Gasteiger partial charge in [-0.2, -0.15) is 0 Å². The summed E-state index contributed by atoms with van der Waals surface area (Å²) in [6.07, 6.45) is 3.15. The number of likely N-dealkylation sites (N-methyl/N-ethyl adjacent to an activating group) is 1. The van der Waals surface area contributed by atoms with Gasteiger partial charge in [0.05, 0.1) is 26.5 Å². The number of halogens is 1. The second kappa shape index (κ2) is 9.34. The molecule has 3 rings (SSSR count). The van der Waals surface area contributed by atoms with Crippen LogP contribution in [0.2, 0.25) is 0 Å². The first-order chi connectivity index (χ1) is 13.5. The number of rotatable bonds is 5. The highest BCUT2D eigenvalue weighted by Gasteiger charge is 2.22. The van der Waals surface area contributed by atoms with Gasteiger partial charge in [0.15, 0.2) is 0 Å². The molecule has 148 valence electrons. The van der Waals surface area contributed by atoms with Crippen molar-refractivity contribution in [2.24, 2.45) is 0 Å². The van der Waals surface area contributed by atoms with Crippen molar-refractivity contribution in [3.63, 3.8) is 0 Å². The Kier molecular flexibility index (Phi) is 6.85. The van der Waals surface area contributed by atoms with Gasteiger partial charge in [0.1, 0.15) is 0 Å². The zero-order chi connectivity index (χ0) is 20.1. The Labute approximate surface area is 176 Å². The molecular weight excluding hydrogens is 442 g/mol. The maximum absolute atomic E-state index is 12.8. The minimum absolute atomic E-state index is 0.0662. The summed E-state index contributed by atoms with van der Waals surface area (Å²) in [5, 5.41) is 2.79. The fourth-order valence-electron chi connectivity index (χ4n) is 3.14. The lowest BCUT2D eigenvalue weighted by Gasteiger charge is -2.27. The lowest BCUT2D eigenvalue weighted by Crippen LogP contribution is -2.37. The molecule has 2 heterocycles. The average molecular weight is 464 g/mol. The molecule has 0 bridgehead atoms. The molecule has 0 atom stereocenters. The van der Waals surface area contributed by atoms with E-state index in [1.54, 1.807) is 43.4 Å². The van der Waals surface area contributed by atoms with Crippen molar-refractivity contribution >= 4 is 50.7 Å². The van der Waals surface area contributed by atoms with Gasteiger partial charge in [0.2, 0.25) is 5.91 Å². The van der Waals surface area contributed by atoms with Crippen molar-refractivity contribution in [1.82, 2.24) is 9.80 Å². The molecule has 2 aromatic rings. The van der Waals surface area contributed by atoms with Gasteiger partial charge in [-0.25, -0.2) is 0 Å². The Bertz CT molecular complexity index is 877. The topological polar surface area (TPSA) is 69.7 Å². The first kappa shape index (κ1) is 20.5.